The van der Waals surface area contributed by atoms with E-state index < -0.39 is 0 Å². The van der Waals surface area contributed by atoms with Crippen molar-refractivity contribution in [3.63, 3.8) is 0 Å². The summed E-state index contributed by atoms with van der Waals surface area (Å²) in [6.45, 7) is 0.520. The van der Waals surface area contributed by atoms with Gasteiger partial charge in [-0.15, -0.1) is 0 Å². The first-order valence-electron chi connectivity index (χ1n) is 5.07. The molecule has 1 amide bonds. The van der Waals surface area contributed by atoms with Crippen molar-refractivity contribution in [2.24, 2.45) is 7.05 Å². The molecule has 0 unspecified atom stereocenters. The number of aromatic nitrogens is 2. The number of amides is 1. The number of hydrogen-bond acceptors (Lipinski definition) is 2. The highest BCUT2D eigenvalue weighted by molar-refractivity contribution is 5.90. The summed E-state index contributed by atoms with van der Waals surface area (Å²) in [7, 11) is 1.80. The van der Waals surface area contributed by atoms with E-state index in [4.69, 9.17) is 0 Å². The van der Waals surface area contributed by atoms with E-state index >= 15 is 0 Å². The third kappa shape index (κ3) is 2.28. The van der Waals surface area contributed by atoms with E-state index in [-0.39, 0.29) is 5.91 Å². The summed E-state index contributed by atoms with van der Waals surface area (Å²) in [5.41, 5.74) is 1.07. The van der Waals surface area contributed by atoms with Crippen LogP contribution in [-0.4, -0.2) is 15.5 Å². The van der Waals surface area contributed by atoms with Gasteiger partial charge in [-0.1, -0.05) is 30.3 Å². The fourth-order valence-corrected chi connectivity index (χ4v) is 1.44. The molecule has 0 atom stereocenters. The van der Waals surface area contributed by atoms with Gasteiger partial charge in [0.15, 0.2) is 5.82 Å². The molecule has 1 N–H and O–H groups in total. The van der Waals surface area contributed by atoms with Crippen LogP contribution in [-0.2, 0) is 13.6 Å². The maximum absolute atomic E-state index is 11.7. The van der Waals surface area contributed by atoms with Crippen LogP contribution in [0.5, 0.6) is 0 Å². The molecule has 0 spiro atoms. The molecule has 82 valence electrons. The maximum atomic E-state index is 11.7. The van der Waals surface area contributed by atoms with Crippen molar-refractivity contribution in [2.75, 3.05) is 0 Å². The molecular formula is C12H13N3O. The quantitative estimate of drug-likeness (QED) is 0.840. The predicted octanol–water partition coefficient (Wildman–Crippen LogP) is 1.35. The molecule has 4 nitrogen and oxygen atoms in total. The van der Waals surface area contributed by atoms with E-state index in [0.29, 0.717) is 12.4 Å². The van der Waals surface area contributed by atoms with Crippen molar-refractivity contribution in [3.8, 4) is 0 Å². The average Bonchev–Trinajstić information content (AvgIpc) is 2.74. The first-order chi connectivity index (χ1) is 7.77. The number of rotatable bonds is 3. The second-order valence-electron chi connectivity index (χ2n) is 3.53. The standard InChI is InChI=1S/C12H13N3O/c1-15-8-7-13-11(15)12(16)14-9-10-5-3-2-4-6-10/h2-8H,9H2,1H3,(H,14,16). The van der Waals surface area contributed by atoms with E-state index in [9.17, 15) is 4.79 Å². The maximum Gasteiger partial charge on any atom is 0.287 e. The summed E-state index contributed by atoms with van der Waals surface area (Å²) in [6.07, 6.45) is 3.36. The fraction of sp³-hybridized carbons (Fsp3) is 0.167. The largest absolute Gasteiger partial charge is 0.345 e. The predicted molar refractivity (Wildman–Crippen MR) is 60.8 cm³/mol. The summed E-state index contributed by atoms with van der Waals surface area (Å²) >= 11 is 0. The van der Waals surface area contributed by atoms with Crippen LogP contribution in [0.25, 0.3) is 0 Å². The van der Waals surface area contributed by atoms with Gasteiger partial charge in [-0.25, -0.2) is 4.98 Å². The first kappa shape index (κ1) is 10.4. The Balaban J connectivity index is 1.97. The minimum absolute atomic E-state index is 0.156. The molecule has 0 aliphatic heterocycles. The van der Waals surface area contributed by atoms with Crippen LogP contribution in [0.1, 0.15) is 16.2 Å². The zero-order chi connectivity index (χ0) is 11.4. The highest BCUT2D eigenvalue weighted by atomic mass is 16.2. The van der Waals surface area contributed by atoms with Gasteiger partial charge in [0.25, 0.3) is 5.91 Å². The van der Waals surface area contributed by atoms with Crippen LogP contribution in [0.15, 0.2) is 42.7 Å². The van der Waals surface area contributed by atoms with Gasteiger partial charge in [-0.05, 0) is 5.56 Å². The summed E-state index contributed by atoms with van der Waals surface area (Å²) in [4.78, 5) is 15.7. The third-order valence-electron chi connectivity index (χ3n) is 2.32. The van der Waals surface area contributed by atoms with Crippen molar-refractivity contribution in [1.29, 1.82) is 0 Å². The van der Waals surface area contributed by atoms with Crippen molar-refractivity contribution in [3.05, 3.63) is 54.1 Å². The zero-order valence-electron chi connectivity index (χ0n) is 9.05. The van der Waals surface area contributed by atoms with Crippen LogP contribution in [0.3, 0.4) is 0 Å². The van der Waals surface area contributed by atoms with Gasteiger partial charge in [0, 0.05) is 26.0 Å². The Kier molecular flexibility index (Phi) is 3.00. The summed E-state index contributed by atoms with van der Waals surface area (Å²) < 4.78 is 1.69. The van der Waals surface area contributed by atoms with E-state index in [1.807, 2.05) is 30.3 Å². The van der Waals surface area contributed by atoms with Crippen molar-refractivity contribution < 1.29 is 4.79 Å². The van der Waals surface area contributed by atoms with Crippen LogP contribution in [0.2, 0.25) is 0 Å². The molecule has 2 rings (SSSR count). The van der Waals surface area contributed by atoms with Gasteiger partial charge in [0.1, 0.15) is 0 Å². The summed E-state index contributed by atoms with van der Waals surface area (Å²) in [5.74, 6) is 0.271. The van der Waals surface area contributed by atoms with Crippen molar-refractivity contribution >= 4 is 5.91 Å². The Morgan fingerprint density at radius 1 is 1.38 bits per heavy atom. The highest BCUT2D eigenvalue weighted by Crippen LogP contribution is 1.99. The Labute approximate surface area is 93.9 Å². The lowest BCUT2D eigenvalue weighted by Gasteiger charge is -2.04. The molecule has 0 saturated carbocycles. The number of hydrogen-bond donors (Lipinski definition) is 1. The number of nitrogens with one attached hydrogen (secondary N) is 1. The summed E-state index contributed by atoms with van der Waals surface area (Å²) in [6, 6.07) is 9.78. The minimum atomic E-state index is -0.156. The number of nitrogens with zero attached hydrogens (tertiary/aromatic N) is 2. The Hall–Kier alpha value is -2.10. The molecule has 1 aromatic heterocycles. The van der Waals surface area contributed by atoms with Gasteiger partial charge in [0.05, 0.1) is 0 Å². The average molecular weight is 215 g/mol. The smallest absolute Gasteiger partial charge is 0.287 e. The van der Waals surface area contributed by atoms with Gasteiger partial charge in [-0.3, -0.25) is 4.79 Å². The Bertz CT molecular complexity index is 476. The van der Waals surface area contributed by atoms with Crippen LogP contribution >= 0.6 is 0 Å². The van der Waals surface area contributed by atoms with E-state index in [1.165, 1.54) is 0 Å². The van der Waals surface area contributed by atoms with Gasteiger partial charge >= 0.3 is 0 Å². The SMILES string of the molecule is Cn1ccnc1C(=O)NCc1ccccc1. The van der Waals surface area contributed by atoms with Crippen LogP contribution in [0.4, 0.5) is 0 Å². The lowest BCUT2D eigenvalue weighted by Crippen LogP contribution is -2.25. The number of benzene rings is 1. The Morgan fingerprint density at radius 3 is 2.75 bits per heavy atom. The summed E-state index contributed by atoms with van der Waals surface area (Å²) in [5, 5.41) is 2.82. The zero-order valence-corrected chi connectivity index (χ0v) is 9.05. The fourth-order valence-electron chi connectivity index (χ4n) is 1.44. The Morgan fingerprint density at radius 2 is 2.12 bits per heavy atom. The monoisotopic (exact) mass is 215 g/mol. The molecule has 4 heteroatoms. The molecular weight excluding hydrogens is 202 g/mol. The topological polar surface area (TPSA) is 46.9 Å². The second kappa shape index (κ2) is 4.61. The highest BCUT2D eigenvalue weighted by Gasteiger charge is 2.09. The molecule has 0 aliphatic rings. The molecule has 16 heavy (non-hydrogen) atoms. The van der Waals surface area contributed by atoms with Gasteiger partial charge < -0.3 is 9.88 Å². The van der Waals surface area contributed by atoms with Crippen LogP contribution in [0, 0.1) is 0 Å². The number of carbonyl (C=O) groups is 1. The van der Waals surface area contributed by atoms with Crippen molar-refractivity contribution in [1.82, 2.24) is 14.9 Å². The second-order valence-corrected chi connectivity index (χ2v) is 3.53. The van der Waals surface area contributed by atoms with Gasteiger partial charge in [-0.2, -0.15) is 0 Å². The molecule has 0 radical (unpaired) electrons. The number of imidazole rings is 1. The third-order valence-corrected chi connectivity index (χ3v) is 2.32. The molecule has 2 aromatic rings. The lowest BCUT2D eigenvalue weighted by atomic mass is 10.2. The van der Waals surface area contributed by atoms with Crippen LogP contribution < -0.4 is 5.32 Å². The molecule has 0 bridgehead atoms. The van der Waals surface area contributed by atoms with E-state index in [2.05, 4.69) is 10.3 Å². The first-order valence-corrected chi connectivity index (χ1v) is 5.07. The molecule has 0 fully saturated rings. The molecule has 0 aliphatic carbocycles. The van der Waals surface area contributed by atoms with E-state index in [1.54, 1.807) is 24.0 Å². The van der Waals surface area contributed by atoms with Gasteiger partial charge in [0.2, 0.25) is 0 Å². The van der Waals surface area contributed by atoms with E-state index in [0.717, 1.165) is 5.56 Å². The number of aryl methyl sites for hydroxylation is 1. The number of carbonyl (C=O) groups excluding carboxylic acids is 1. The minimum Gasteiger partial charge on any atom is -0.345 e. The molecule has 1 aromatic carbocycles. The molecule has 1 heterocycles. The normalized spacial score (nSPS) is 10.1. The molecule has 0 saturated heterocycles. The lowest BCUT2D eigenvalue weighted by molar-refractivity contribution is 0.0937. The van der Waals surface area contributed by atoms with Crippen molar-refractivity contribution in [2.45, 2.75) is 6.54 Å².